The summed E-state index contributed by atoms with van der Waals surface area (Å²) >= 11 is 0. The summed E-state index contributed by atoms with van der Waals surface area (Å²) in [7, 11) is 0. The number of piperazine rings is 1. The van der Waals surface area contributed by atoms with Crippen molar-refractivity contribution in [3.05, 3.63) is 83.7 Å². The highest BCUT2D eigenvalue weighted by Gasteiger charge is 2.23. The zero-order chi connectivity index (χ0) is 20.3. The molecular formula is C24H25N5O. The first kappa shape index (κ1) is 18.6. The Morgan fingerprint density at radius 2 is 1.43 bits per heavy atom. The predicted molar refractivity (Wildman–Crippen MR) is 118 cm³/mol. The van der Waals surface area contributed by atoms with Gasteiger partial charge in [0.2, 0.25) is 0 Å². The summed E-state index contributed by atoms with van der Waals surface area (Å²) < 4.78 is 0. The number of pyridine rings is 2. The van der Waals surface area contributed by atoms with Crippen LogP contribution in [0.3, 0.4) is 0 Å². The van der Waals surface area contributed by atoms with Gasteiger partial charge in [-0.3, -0.25) is 4.79 Å². The van der Waals surface area contributed by atoms with Crippen molar-refractivity contribution in [2.45, 2.75) is 13.0 Å². The van der Waals surface area contributed by atoms with E-state index in [4.69, 9.17) is 0 Å². The number of carbonyl (C=O) groups is 1. The van der Waals surface area contributed by atoms with E-state index in [9.17, 15) is 4.79 Å². The molecule has 2 aliphatic heterocycles. The summed E-state index contributed by atoms with van der Waals surface area (Å²) in [6.45, 7) is 4.93. The van der Waals surface area contributed by atoms with Gasteiger partial charge in [0.15, 0.2) is 0 Å². The van der Waals surface area contributed by atoms with Crippen LogP contribution in [0.4, 0.5) is 11.6 Å². The van der Waals surface area contributed by atoms with Gasteiger partial charge in [0.25, 0.3) is 5.91 Å². The molecular weight excluding hydrogens is 374 g/mol. The van der Waals surface area contributed by atoms with Crippen molar-refractivity contribution in [3.8, 4) is 0 Å². The minimum absolute atomic E-state index is 0.0836. The lowest BCUT2D eigenvalue weighted by atomic mass is 9.99. The number of rotatable bonds is 3. The number of fused-ring (bicyclic) bond motifs is 1. The molecule has 0 N–H and O–H groups in total. The Morgan fingerprint density at radius 1 is 0.733 bits per heavy atom. The molecule has 1 aromatic carbocycles. The first-order valence-corrected chi connectivity index (χ1v) is 10.5. The molecule has 152 valence electrons. The number of anilines is 2. The summed E-state index contributed by atoms with van der Waals surface area (Å²) in [6.07, 6.45) is 4.50. The lowest BCUT2D eigenvalue weighted by Crippen LogP contribution is -2.47. The van der Waals surface area contributed by atoms with Crippen LogP contribution in [0.15, 0.2) is 67.0 Å². The largest absolute Gasteiger partial charge is 0.353 e. The Kier molecular flexibility index (Phi) is 5.05. The third-order valence-electron chi connectivity index (χ3n) is 5.99. The highest BCUT2D eigenvalue weighted by atomic mass is 16.2. The Labute approximate surface area is 176 Å². The van der Waals surface area contributed by atoms with E-state index in [2.05, 4.69) is 38.0 Å². The minimum Gasteiger partial charge on any atom is -0.353 e. The average Bonchev–Trinajstić information content (AvgIpc) is 2.84. The molecule has 5 rings (SSSR count). The molecule has 30 heavy (non-hydrogen) atoms. The number of hydrogen-bond donors (Lipinski definition) is 0. The van der Waals surface area contributed by atoms with Crippen LogP contribution in [0.1, 0.15) is 21.5 Å². The monoisotopic (exact) mass is 399 g/mol. The molecule has 4 heterocycles. The third-order valence-corrected chi connectivity index (χ3v) is 5.99. The fourth-order valence-corrected chi connectivity index (χ4v) is 4.28. The van der Waals surface area contributed by atoms with Crippen molar-refractivity contribution < 1.29 is 4.79 Å². The number of nitrogens with zero attached hydrogens (tertiary/aromatic N) is 5. The molecule has 0 spiro atoms. The van der Waals surface area contributed by atoms with Gasteiger partial charge in [0.1, 0.15) is 11.6 Å². The lowest BCUT2D eigenvalue weighted by molar-refractivity contribution is 0.0734. The van der Waals surface area contributed by atoms with Crippen molar-refractivity contribution in [1.29, 1.82) is 0 Å². The van der Waals surface area contributed by atoms with Crippen LogP contribution in [0.25, 0.3) is 0 Å². The second kappa shape index (κ2) is 8.14. The van der Waals surface area contributed by atoms with E-state index < -0.39 is 0 Å². The molecule has 1 saturated heterocycles. The second-order valence-electron chi connectivity index (χ2n) is 7.81. The SMILES string of the molecule is O=C(c1ccnc(N2CCN(c3ccccn3)CC2)c1)N1CCc2ccccc2C1. The van der Waals surface area contributed by atoms with Gasteiger partial charge in [-0.05, 0) is 41.8 Å². The van der Waals surface area contributed by atoms with E-state index in [1.807, 2.05) is 47.5 Å². The number of carbonyl (C=O) groups excluding carboxylic acids is 1. The van der Waals surface area contributed by atoms with Crippen LogP contribution < -0.4 is 9.80 Å². The van der Waals surface area contributed by atoms with Crippen molar-refractivity contribution in [1.82, 2.24) is 14.9 Å². The van der Waals surface area contributed by atoms with Gasteiger partial charge in [-0.25, -0.2) is 9.97 Å². The number of benzene rings is 1. The van der Waals surface area contributed by atoms with Crippen molar-refractivity contribution in [2.75, 3.05) is 42.5 Å². The molecule has 2 aromatic heterocycles. The van der Waals surface area contributed by atoms with Gasteiger partial charge in [0, 0.05) is 57.2 Å². The molecule has 6 heteroatoms. The van der Waals surface area contributed by atoms with Gasteiger partial charge in [-0.1, -0.05) is 30.3 Å². The van der Waals surface area contributed by atoms with Crippen LogP contribution in [-0.4, -0.2) is 53.5 Å². The molecule has 2 aliphatic rings. The minimum atomic E-state index is 0.0836. The third kappa shape index (κ3) is 3.73. The van der Waals surface area contributed by atoms with E-state index in [0.717, 1.165) is 50.8 Å². The highest BCUT2D eigenvalue weighted by molar-refractivity contribution is 5.95. The van der Waals surface area contributed by atoms with Crippen LogP contribution in [0, 0.1) is 0 Å². The van der Waals surface area contributed by atoms with Crippen LogP contribution in [-0.2, 0) is 13.0 Å². The molecule has 0 unspecified atom stereocenters. The number of hydrogen-bond acceptors (Lipinski definition) is 5. The standard InChI is InChI=1S/C24H25N5O/c30-24(29-12-9-19-5-1-2-6-21(19)18-29)20-8-11-26-23(17-20)28-15-13-27(14-16-28)22-7-3-4-10-25-22/h1-8,10-11,17H,9,12-16,18H2. The fraction of sp³-hybridized carbons (Fsp3) is 0.292. The maximum Gasteiger partial charge on any atom is 0.254 e. The van der Waals surface area contributed by atoms with Gasteiger partial charge in [0.05, 0.1) is 0 Å². The molecule has 1 amide bonds. The van der Waals surface area contributed by atoms with Gasteiger partial charge < -0.3 is 14.7 Å². The summed E-state index contributed by atoms with van der Waals surface area (Å²) in [5, 5.41) is 0. The molecule has 0 atom stereocenters. The van der Waals surface area contributed by atoms with Crippen LogP contribution >= 0.6 is 0 Å². The molecule has 0 aliphatic carbocycles. The quantitative estimate of drug-likeness (QED) is 0.678. The Balaban J connectivity index is 1.26. The smallest absolute Gasteiger partial charge is 0.254 e. The molecule has 3 aromatic rings. The van der Waals surface area contributed by atoms with Crippen molar-refractivity contribution in [2.24, 2.45) is 0 Å². The fourth-order valence-electron chi connectivity index (χ4n) is 4.28. The summed E-state index contributed by atoms with van der Waals surface area (Å²) in [5.74, 6) is 1.97. The van der Waals surface area contributed by atoms with Crippen molar-refractivity contribution >= 4 is 17.5 Å². The number of aromatic nitrogens is 2. The second-order valence-corrected chi connectivity index (χ2v) is 7.81. The topological polar surface area (TPSA) is 52.6 Å². The molecule has 0 radical (unpaired) electrons. The summed E-state index contributed by atoms with van der Waals surface area (Å²) in [4.78, 5) is 28.6. The average molecular weight is 399 g/mol. The highest BCUT2D eigenvalue weighted by Crippen LogP contribution is 2.22. The zero-order valence-electron chi connectivity index (χ0n) is 16.9. The molecule has 0 bridgehead atoms. The number of amides is 1. The molecule has 0 saturated carbocycles. The van der Waals surface area contributed by atoms with Crippen molar-refractivity contribution in [3.63, 3.8) is 0 Å². The lowest BCUT2D eigenvalue weighted by Gasteiger charge is -2.36. The van der Waals surface area contributed by atoms with E-state index >= 15 is 0 Å². The summed E-state index contributed by atoms with van der Waals surface area (Å²) in [5.41, 5.74) is 3.31. The van der Waals surface area contributed by atoms with E-state index in [1.165, 1.54) is 11.1 Å². The van der Waals surface area contributed by atoms with E-state index in [-0.39, 0.29) is 5.91 Å². The Bertz CT molecular complexity index is 1030. The normalized spacial score (nSPS) is 16.3. The first-order valence-electron chi connectivity index (χ1n) is 10.5. The van der Waals surface area contributed by atoms with Gasteiger partial charge in [-0.2, -0.15) is 0 Å². The Hall–Kier alpha value is -3.41. The van der Waals surface area contributed by atoms with E-state index in [1.54, 1.807) is 6.20 Å². The predicted octanol–water partition coefficient (Wildman–Crippen LogP) is 3.00. The maximum absolute atomic E-state index is 13.1. The summed E-state index contributed by atoms with van der Waals surface area (Å²) in [6, 6.07) is 18.2. The van der Waals surface area contributed by atoms with Crippen LogP contribution in [0.2, 0.25) is 0 Å². The van der Waals surface area contributed by atoms with Gasteiger partial charge in [-0.15, -0.1) is 0 Å². The Morgan fingerprint density at radius 3 is 2.20 bits per heavy atom. The first-order chi connectivity index (χ1) is 14.8. The van der Waals surface area contributed by atoms with Gasteiger partial charge >= 0.3 is 0 Å². The van der Waals surface area contributed by atoms with Crippen LogP contribution in [0.5, 0.6) is 0 Å². The molecule has 6 nitrogen and oxygen atoms in total. The molecule has 1 fully saturated rings. The zero-order valence-corrected chi connectivity index (χ0v) is 16.9. The van der Waals surface area contributed by atoms with E-state index in [0.29, 0.717) is 12.1 Å². The maximum atomic E-state index is 13.1.